The van der Waals surface area contributed by atoms with Crippen molar-refractivity contribution >= 4 is 16.8 Å². The van der Waals surface area contributed by atoms with E-state index in [1.807, 2.05) is 25.1 Å². The molecule has 0 aliphatic carbocycles. The van der Waals surface area contributed by atoms with Gasteiger partial charge in [0, 0.05) is 12.8 Å². The minimum atomic E-state index is -0.503. The molecule has 1 aliphatic rings. The van der Waals surface area contributed by atoms with Crippen LogP contribution in [0.4, 0.5) is 0 Å². The van der Waals surface area contributed by atoms with Crippen molar-refractivity contribution in [3.63, 3.8) is 0 Å². The summed E-state index contributed by atoms with van der Waals surface area (Å²) < 4.78 is 1.53. The highest BCUT2D eigenvalue weighted by Gasteiger charge is 2.24. The first-order chi connectivity index (χ1) is 10.1. The molecule has 1 aromatic heterocycles. The zero-order valence-corrected chi connectivity index (χ0v) is 12.0. The monoisotopic (exact) mass is 287 g/mol. The molecule has 2 heterocycles. The van der Waals surface area contributed by atoms with E-state index < -0.39 is 6.23 Å². The fourth-order valence-corrected chi connectivity index (χ4v) is 2.74. The first kappa shape index (κ1) is 13.8. The Morgan fingerprint density at radius 1 is 1.43 bits per heavy atom. The van der Waals surface area contributed by atoms with Crippen LogP contribution < -0.4 is 11.0 Å². The first-order valence-electron chi connectivity index (χ1n) is 7.07. The van der Waals surface area contributed by atoms with Gasteiger partial charge in [-0.15, -0.1) is 0 Å². The zero-order chi connectivity index (χ0) is 15.0. The molecular weight excluding hydrogens is 270 g/mol. The minimum absolute atomic E-state index is 0.115. The average molecular weight is 287 g/mol. The van der Waals surface area contributed by atoms with Gasteiger partial charge in [0.2, 0.25) is 5.91 Å². The second kappa shape index (κ2) is 5.29. The van der Waals surface area contributed by atoms with E-state index in [-0.39, 0.29) is 11.5 Å². The van der Waals surface area contributed by atoms with Crippen molar-refractivity contribution in [2.45, 2.75) is 39.3 Å². The summed E-state index contributed by atoms with van der Waals surface area (Å²) >= 11 is 0. The van der Waals surface area contributed by atoms with Gasteiger partial charge in [0.1, 0.15) is 5.82 Å². The third kappa shape index (κ3) is 2.31. The van der Waals surface area contributed by atoms with Crippen molar-refractivity contribution in [3.8, 4) is 0 Å². The number of hydroxylamine groups is 1. The molecule has 2 aromatic rings. The summed E-state index contributed by atoms with van der Waals surface area (Å²) in [4.78, 5) is 33.8. The molecule has 1 aliphatic heterocycles. The van der Waals surface area contributed by atoms with E-state index in [9.17, 15) is 9.59 Å². The zero-order valence-electron chi connectivity index (χ0n) is 12.0. The van der Waals surface area contributed by atoms with Crippen LogP contribution in [-0.2, 0) is 16.1 Å². The van der Waals surface area contributed by atoms with Crippen LogP contribution in [0.25, 0.3) is 10.9 Å². The summed E-state index contributed by atoms with van der Waals surface area (Å²) in [6.45, 7) is 3.79. The van der Waals surface area contributed by atoms with Gasteiger partial charge in [-0.1, -0.05) is 19.1 Å². The lowest BCUT2D eigenvalue weighted by atomic mass is 10.1. The molecule has 1 saturated heterocycles. The SMILES string of the molecule is CCc1cccc2nc(C)n(C3CCC(=O)NO3)c(=O)c12. The van der Waals surface area contributed by atoms with E-state index in [4.69, 9.17) is 4.84 Å². The van der Waals surface area contributed by atoms with Crippen LogP contribution in [0.15, 0.2) is 23.0 Å². The third-order valence-electron chi connectivity index (χ3n) is 3.79. The van der Waals surface area contributed by atoms with Crippen LogP contribution in [0.5, 0.6) is 0 Å². The molecular formula is C15H17N3O3. The van der Waals surface area contributed by atoms with Gasteiger partial charge in [0.15, 0.2) is 6.23 Å². The number of carbonyl (C=O) groups is 1. The topological polar surface area (TPSA) is 73.2 Å². The lowest BCUT2D eigenvalue weighted by Gasteiger charge is -2.25. The molecule has 6 nitrogen and oxygen atoms in total. The van der Waals surface area contributed by atoms with Crippen molar-refractivity contribution in [3.05, 3.63) is 39.9 Å². The van der Waals surface area contributed by atoms with E-state index in [0.29, 0.717) is 29.6 Å². The number of fused-ring (bicyclic) bond motifs is 1. The normalized spacial score (nSPS) is 18.8. The summed E-state index contributed by atoms with van der Waals surface area (Å²) in [6.07, 6.45) is 1.06. The number of hydrogen-bond donors (Lipinski definition) is 1. The van der Waals surface area contributed by atoms with Gasteiger partial charge in [-0.05, 0) is 25.0 Å². The molecule has 0 bridgehead atoms. The number of hydrogen-bond acceptors (Lipinski definition) is 4. The molecule has 3 rings (SSSR count). The second-order valence-electron chi connectivity index (χ2n) is 5.14. The molecule has 6 heteroatoms. The van der Waals surface area contributed by atoms with Crippen LogP contribution in [-0.4, -0.2) is 15.5 Å². The summed E-state index contributed by atoms with van der Waals surface area (Å²) in [6, 6.07) is 5.69. The van der Waals surface area contributed by atoms with Crippen molar-refractivity contribution in [2.75, 3.05) is 0 Å². The largest absolute Gasteiger partial charge is 0.273 e. The Bertz CT molecular complexity index is 757. The maximum absolute atomic E-state index is 12.8. The van der Waals surface area contributed by atoms with Gasteiger partial charge in [-0.25, -0.2) is 15.3 Å². The predicted molar refractivity (Wildman–Crippen MR) is 77.6 cm³/mol. The van der Waals surface area contributed by atoms with Crippen LogP contribution >= 0.6 is 0 Å². The summed E-state index contributed by atoms with van der Waals surface area (Å²) in [5.41, 5.74) is 3.89. The van der Waals surface area contributed by atoms with Crippen LogP contribution in [0.1, 0.15) is 37.4 Å². The van der Waals surface area contributed by atoms with E-state index in [1.165, 1.54) is 4.57 Å². The smallest absolute Gasteiger partial charge is 0.263 e. The number of benzene rings is 1. The van der Waals surface area contributed by atoms with E-state index in [0.717, 1.165) is 12.0 Å². The van der Waals surface area contributed by atoms with E-state index in [2.05, 4.69) is 10.5 Å². The van der Waals surface area contributed by atoms with Gasteiger partial charge in [0.25, 0.3) is 5.56 Å². The lowest BCUT2D eigenvalue weighted by Crippen LogP contribution is -2.39. The van der Waals surface area contributed by atoms with Gasteiger partial charge in [-0.2, -0.15) is 0 Å². The van der Waals surface area contributed by atoms with E-state index in [1.54, 1.807) is 6.92 Å². The minimum Gasteiger partial charge on any atom is -0.273 e. The maximum Gasteiger partial charge on any atom is 0.263 e. The number of aryl methyl sites for hydroxylation is 2. The highest BCUT2D eigenvalue weighted by molar-refractivity contribution is 5.81. The molecule has 1 N–H and O–H groups in total. The molecule has 21 heavy (non-hydrogen) atoms. The molecule has 1 aromatic carbocycles. The first-order valence-corrected chi connectivity index (χ1v) is 7.07. The molecule has 1 unspecified atom stereocenters. The molecule has 1 amide bonds. The quantitative estimate of drug-likeness (QED) is 0.910. The number of nitrogens with zero attached hydrogens (tertiary/aromatic N) is 2. The van der Waals surface area contributed by atoms with Gasteiger partial charge in [0.05, 0.1) is 10.9 Å². The predicted octanol–water partition coefficient (Wildman–Crippen LogP) is 1.61. The number of aromatic nitrogens is 2. The fraction of sp³-hybridized carbons (Fsp3) is 0.400. The molecule has 0 spiro atoms. The second-order valence-corrected chi connectivity index (χ2v) is 5.14. The molecule has 110 valence electrons. The van der Waals surface area contributed by atoms with Crippen molar-refractivity contribution in [1.82, 2.24) is 15.0 Å². The van der Waals surface area contributed by atoms with Crippen molar-refractivity contribution in [2.24, 2.45) is 0 Å². The van der Waals surface area contributed by atoms with Crippen LogP contribution in [0.3, 0.4) is 0 Å². The van der Waals surface area contributed by atoms with Crippen molar-refractivity contribution in [1.29, 1.82) is 0 Å². The van der Waals surface area contributed by atoms with Crippen molar-refractivity contribution < 1.29 is 9.63 Å². The number of rotatable bonds is 2. The molecule has 1 atom stereocenters. The Balaban J connectivity index is 2.19. The highest BCUT2D eigenvalue weighted by atomic mass is 16.7. The molecule has 1 fully saturated rings. The summed E-state index contributed by atoms with van der Waals surface area (Å²) in [7, 11) is 0. The summed E-state index contributed by atoms with van der Waals surface area (Å²) in [5, 5.41) is 0.631. The Kier molecular flexibility index (Phi) is 3.47. The van der Waals surface area contributed by atoms with Gasteiger partial charge in [-0.3, -0.25) is 14.2 Å². The van der Waals surface area contributed by atoms with Crippen LogP contribution in [0, 0.1) is 6.92 Å². The Morgan fingerprint density at radius 3 is 2.90 bits per heavy atom. The third-order valence-corrected chi connectivity index (χ3v) is 3.79. The fourth-order valence-electron chi connectivity index (χ4n) is 2.74. The maximum atomic E-state index is 12.8. The van der Waals surface area contributed by atoms with E-state index >= 15 is 0 Å². The summed E-state index contributed by atoms with van der Waals surface area (Å²) in [5.74, 6) is 0.418. The van der Waals surface area contributed by atoms with Gasteiger partial charge >= 0.3 is 0 Å². The lowest BCUT2D eigenvalue weighted by molar-refractivity contribution is -0.156. The van der Waals surface area contributed by atoms with Crippen LogP contribution in [0.2, 0.25) is 0 Å². The number of nitrogens with one attached hydrogen (secondary N) is 1. The Morgan fingerprint density at radius 2 is 2.24 bits per heavy atom. The average Bonchev–Trinajstić information content (AvgIpc) is 2.48. The Labute approximate surface area is 121 Å². The number of amides is 1. The van der Waals surface area contributed by atoms with Gasteiger partial charge < -0.3 is 0 Å². The highest BCUT2D eigenvalue weighted by Crippen LogP contribution is 2.21. The Hall–Kier alpha value is -2.21. The number of carbonyl (C=O) groups excluding carboxylic acids is 1. The molecule has 0 saturated carbocycles. The standard InChI is InChI=1S/C15H17N3O3/c1-3-10-5-4-6-11-14(10)15(20)18(9(2)16-11)13-8-7-12(19)17-21-13/h4-6,13H,3,7-8H2,1-2H3,(H,17,19). The molecule has 0 radical (unpaired) electrons.